The number of nitrogens with one attached hydrogen (secondary N) is 1. The van der Waals surface area contributed by atoms with Gasteiger partial charge in [0, 0.05) is 30.5 Å². The molecule has 1 N–H and O–H groups in total. The van der Waals surface area contributed by atoms with Gasteiger partial charge in [0.1, 0.15) is 0 Å². The fraction of sp³-hybridized carbons (Fsp3) is 0.273. The van der Waals surface area contributed by atoms with Crippen LogP contribution < -0.4 is 5.32 Å². The molecule has 1 heterocycles. The number of hydrogen-bond donors (Lipinski definition) is 1. The van der Waals surface area contributed by atoms with Crippen molar-refractivity contribution in [2.45, 2.75) is 24.8 Å². The van der Waals surface area contributed by atoms with Crippen molar-refractivity contribution in [3.63, 3.8) is 0 Å². The van der Waals surface area contributed by atoms with Gasteiger partial charge in [-0.15, -0.1) is 0 Å². The minimum atomic E-state index is -0.0241. The Balaban J connectivity index is 1.33. The standard InChI is InChI=1S/C22H20ClN3O/c1-26-19(9-13-5-3-2-4-6-13)18(12-24-26)22(27)25-21-17-11-14-10-15(23)7-8-16(14)20(17)21/h2-8,10,12,17,20-21H,9,11H2,1H3,(H,25,27). The second kappa shape index (κ2) is 6.24. The van der Waals surface area contributed by atoms with Crippen LogP contribution in [0.3, 0.4) is 0 Å². The van der Waals surface area contributed by atoms with Crippen LogP contribution in [-0.2, 0) is 19.9 Å². The van der Waals surface area contributed by atoms with E-state index in [4.69, 9.17) is 11.6 Å². The van der Waals surface area contributed by atoms with Crippen LogP contribution in [0.25, 0.3) is 0 Å². The molecule has 1 aromatic heterocycles. The highest BCUT2D eigenvalue weighted by Crippen LogP contribution is 2.56. The van der Waals surface area contributed by atoms with Crippen molar-refractivity contribution in [1.29, 1.82) is 0 Å². The number of rotatable bonds is 4. The number of fused-ring (bicyclic) bond motifs is 3. The summed E-state index contributed by atoms with van der Waals surface area (Å²) >= 11 is 6.09. The van der Waals surface area contributed by atoms with Crippen molar-refractivity contribution in [2.75, 3.05) is 0 Å². The highest BCUT2D eigenvalue weighted by molar-refractivity contribution is 6.30. The zero-order valence-electron chi connectivity index (χ0n) is 15.0. The number of halogens is 1. The normalized spacial score (nSPS) is 22.2. The molecule has 4 nitrogen and oxygen atoms in total. The monoisotopic (exact) mass is 377 g/mol. The molecule has 0 bridgehead atoms. The Kier molecular flexibility index (Phi) is 3.83. The highest BCUT2D eigenvalue weighted by atomic mass is 35.5. The van der Waals surface area contributed by atoms with Gasteiger partial charge in [0.2, 0.25) is 0 Å². The van der Waals surface area contributed by atoms with Crippen LogP contribution in [0.15, 0.2) is 54.7 Å². The van der Waals surface area contributed by atoms with E-state index in [2.05, 4.69) is 34.7 Å². The SMILES string of the molecule is Cn1ncc(C(=O)NC2C3Cc4cc(Cl)ccc4C32)c1Cc1ccccc1. The van der Waals surface area contributed by atoms with E-state index in [0.717, 1.165) is 17.1 Å². The lowest BCUT2D eigenvalue weighted by molar-refractivity contribution is 0.0947. The van der Waals surface area contributed by atoms with Gasteiger partial charge in [-0.1, -0.05) is 48.0 Å². The Labute approximate surface area is 163 Å². The van der Waals surface area contributed by atoms with E-state index in [1.54, 1.807) is 10.9 Å². The average molecular weight is 378 g/mol. The number of nitrogens with zero attached hydrogens (tertiary/aromatic N) is 2. The van der Waals surface area contributed by atoms with Crippen LogP contribution in [0.4, 0.5) is 0 Å². The topological polar surface area (TPSA) is 46.9 Å². The minimum absolute atomic E-state index is 0.0241. The molecular formula is C22H20ClN3O. The molecule has 0 radical (unpaired) electrons. The predicted octanol–water partition coefficient (Wildman–Crippen LogP) is 3.73. The van der Waals surface area contributed by atoms with Crippen LogP contribution in [0.2, 0.25) is 5.02 Å². The van der Waals surface area contributed by atoms with E-state index in [-0.39, 0.29) is 11.9 Å². The third-order valence-corrected chi connectivity index (χ3v) is 6.14. The van der Waals surface area contributed by atoms with Gasteiger partial charge in [0.15, 0.2) is 0 Å². The molecule has 0 spiro atoms. The van der Waals surface area contributed by atoms with Gasteiger partial charge in [-0.05, 0) is 41.2 Å². The second-order valence-electron chi connectivity index (χ2n) is 7.53. The number of hydrogen-bond acceptors (Lipinski definition) is 2. The van der Waals surface area contributed by atoms with Gasteiger partial charge in [-0.25, -0.2) is 0 Å². The number of aromatic nitrogens is 2. The summed E-state index contributed by atoms with van der Waals surface area (Å²) in [7, 11) is 1.89. The number of amides is 1. The first-order valence-electron chi connectivity index (χ1n) is 9.26. The molecule has 2 aliphatic carbocycles. The number of benzene rings is 2. The van der Waals surface area contributed by atoms with Crippen LogP contribution in [0, 0.1) is 5.92 Å². The van der Waals surface area contributed by atoms with Crippen molar-refractivity contribution >= 4 is 17.5 Å². The number of carbonyl (C=O) groups excluding carboxylic acids is 1. The summed E-state index contributed by atoms with van der Waals surface area (Å²) in [5, 5.41) is 8.35. The summed E-state index contributed by atoms with van der Waals surface area (Å²) in [6, 6.07) is 16.5. The molecule has 1 fully saturated rings. The van der Waals surface area contributed by atoms with Gasteiger partial charge in [-0.3, -0.25) is 9.48 Å². The highest BCUT2D eigenvalue weighted by Gasteiger charge is 2.56. The van der Waals surface area contributed by atoms with Crippen LogP contribution in [0.5, 0.6) is 0 Å². The molecule has 2 aromatic carbocycles. The second-order valence-corrected chi connectivity index (χ2v) is 7.96. The summed E-state index contributed by atoms with van der Waals surface area (Å²) in [6.45, 7) is 0. The zero-order chi connectivity index (χ0) is 18.5. The first-order chi connectivity index (χ1) is 13.1. The number of aryl methyl sites for hydroxylation is 1. The predicted molar refractivity (Wildman–Crippen MR) is 105 cm³/mol. The van der Waals surface area contributed by atoms with E-state index in [1.807, 2.05) is 31.3 Å². The molecule has 1 amide bonds. The minimum Gasteiger partial charge on any atom is -0.348 e. The molecule has 5 heteroatoms. The maximum Gasteiger partial charge on any atom is 0.255 e. The lowest BCUT2D eigenvalue weighted by Gasteiger charge is -2.11. The maximum atomic E-state index is 12.9. The molecular weight excluding hydrogens is 358 g/mol. The summed E-state index contributed by atoms with van der Waals surface area (Å²) in [4.78, 5) is 12.9. The van der Waals surface area contributed by atoms with Crippen molar-refractivity contribution in [3.8, 4) is 0 Å². The first kappa shape index (κ1) is 16.6. The Hall–Kier alpha value is -2.59. The molecule has 3 aromatic rings. The number of carbonyl (C=O) groups is 1. The van der Waals surface area contributed by atoms with Gasteiger partial charge >= 0.3 is 0 Å². The zero-order valence-corrected chi connectivity index (χ0v) is 15.8. The fourth-order valence-corrected chi connectivity index (χ4v) is 4.65. The molecule has 0 saturated heterocycles. The van der Waals surface area contributed by atoms with E-state index < -0.39 is 0 Å². The van der Waals surface area contributed by atoms with Crippen LogP contribution in [-0.4, -0.2) is 21.7 Å². The van der Waals surface area contributed by atoms with E-state index in [0.29, 0.717) is 23.8 Å². The lowest BCUT2D eigenvalue weighted by atomic mass is 10.0. The molecule has 1 saturated carbocycles. The van der Waals surface area contributed by atoms with E-state index >= 15 is 0 Å². The van der Waals surface area contributed by atoms with E-state index in [9.17, 15) is 4.79 Å². The van der Waals surface area contributed by atoms with Gasteiger partial charge in [-0.2, -0.15) is 5.10 Å². The summed E-state index contributed by atoms with van der Waals surface area (Å²) in [5.74, 6) is 0.899. The van der Waals surface area contributed by atoms with Crippen molar-refractivity contribution in [1.82, 2.24) is 15.1 Å². The van der Waals surface area contributed by atoms with Gasteiger partial charge in [0.05, 0.1) is 17.5 Å². The summed E-state index contributed by atoms with van der Waals surface area (Å²) in [5.41, 5.74) is 5.45. The molecule has 136 valence electrons. The Morgan fingerprint density at radius 2 is 2.07 bits per heavy atom. The quantitative estimate of drug-likeness (QED) is 0.753. The van der Waals surface area contributed by atoms with Gasteiger partial charge < -0.3 is 5.32 Å². The maximum absolute atomic E-state index is 12.9. The Morgan fingerprint density at radius 1 is 1.26 bits per heavy atom. The molecule has 0 aliphatic heterocycles. The Morgan fingerprint density at radius 3 is 2.89 bits per heavy atom. The van der Waals surface area contributed by atoms with E-state index in [1.165, 1.54) is 16.7 Å². The largest absolute Gasteiger partial charge is 0.348 e. The molecule has 5 rings (SSSR count). The van der Waals surface area contributed by atoms with Crippen molar-refractivity contribution in [3.05, 3.63) is 87.7 Å². The molecule has 27 heavy (non-hydrogen) atoms. The lowest BCUT2D eigenvalue weighted by Crippen LogP contribution is -2.29. The smallest absolute Gasteiger partial charge is 0.255 e. The van der Waals surface area contributed by atoms with Gasteiger partial charge in [0.25, 0.3) is 5.91 Å². The third-order valence-electron chi connectivity index (χ3n) is 5.91. The van der Waals surface area contributed by atoms with Crippen molar-refractivity contribution in [2.24, 2.45) is 13.0 Å². The summed E-state index contributed by atoms with van der Waals surface area (Å²) in [6.07, 6.45) is 3.37. The average Bonchev–Trinajstić information content (AvgIpc) is 2.99. The van der Waals surface area contributed by atoms with Crippen molar-refractivity contribution < 1.29 is 4.79 Å². The summed E-state index contributed by atoms with van der Waals surface area (Å²) < 4.78 is 1.80. The van der Waals surface area contributed by atoms with Crippen LogP contribution >= 0.6 is 11.6 Å². The Bertz CT molecular complexity index is 1030. The molecule has 2 aliphatic rings. The third kappa shape index (κ3) is 2.85. The molecule has 3 unspecified atom stereocenters. The molecule has 3 atom stereocenters. The van der Waals surface area contributed by atoms with Crippen LogP contribution in [0.1, 0.15) is 38.7 Å². The fourth-order valence-electron chi connectivity index (χ4n) is 4.46. The first-order valence-corrected chi connectivity index (χ1v) is 9.63.